The summed E-state index contributed by atoms with van der Waals surface area (Å²) in [5.74, 6) is -0.428. The second-order valence-corrected chi connectivity index (χ2v) is 6.56. The normalized spacial score (nSPS) is 18.0. The van der Waals surface area contributed by atoms with Crippen molar-refractivity contribution < 1.29 is 4.79 Å². The Labute approximate surface area is 145 Å². The molecule has 0 bridgehead atoms. The van der Waals surface area contributed by atoms with Gasteiger partial charge < -0.3 is 10.3 Å². The molecule has 0 aliphatic carbocycles. The van der Waals surface area contributed by atoms with Crippen molar-refractivity contribution in [3.8, 4) is 0 Å². The van der Waals surface area contributed by atoms with Gasteiger partial charge in [-0.25, -0.2) is 4.79 Å². The van der Waals surface area contributed by atoms with Crippen LogP contribution in [0.1, 0.15) is 34.9 Å². The number of hydrogen-bond donors (Lipinski definition) is 1. The molecule has 25 heavy (non-hydrogen) atoms. The summed E-state index contributed by atoms with van der Waals surface area (Å²) in [6.07, 6.45) is 3.93. The van der Waals surface area contributed by atoms with Gasteiger partial charge in [0.25, 0.3) is 5.56 Å². The Kier molecular flexibility index (Phi) is 4.38. The standard InChI is InChI=1S/C17H23N5O3/c1-19-8-4-6-11(19)12-7-5-9-22(12)10-13(23)14-15(18)20(2)17(25)21(3)16(14)24/h4,6,8,12H,5,7,9-10,18H2,1-3H3/t12-/m0/s1. The molecule has 1 fully saturated rings. The highest BCUT2D eigenvalue weighted by atomic mass is 16.2. The predicted octanol–water partition coefficient (Wildman–Crippen LogP) is 0.0245. The average Bonchev–Trinajstić information content (AvgIpc) is 3.19. The van der Waals surface area contributed by atoms with E-state index >= 15 is 0 Å². The quantitative estimate of drug-likeness (QED) is 0.789. The molecule has 0 amide bonds. The Morgan fingerprint density at radius 2 is 1.96 bits per heavy atom. The first-order chi connectivity index (χ1) is 11.8. The lowest BCUT2D eigenvalue weighted by Gasteiger charge is -2.24. The molecule has 1 saturated heterocycles. The van der Waals surface area contributed by atoms with Crippen LogP contribution in [-0.4, -0.2) is 37.5 Å². The lowest BCUT2D eigenvalue weighted by atomic mass is 10.1. The van der Waals surface area contributed by atoms with E-state index in [0.29, 0.717) is 0 Å². The fourth-order valence-corrected chi connectivity index (χ4v) is 3.56. The highest BCUT2D eigenvalue weighted by molar-refractivity contribution is 6.01. The molecule has 0 unspecified atom stereocenters. The SMILES string of the molecule is Cn1cccc1[C@@H]1CCCN1CC(=O)c1c(N)n(C)c(=O)n(C)c1=O. The molecular formula is C17H23N5O3. The highest BCUT2D eigenvalue weighted by Gasteiger charge is 2.31. The van der Waals surface area contributed by atoms with Crippen LogP contribution in [0.25, 0.3) is 0 Å². The molecule has 0 spiro atoms. The number of Topliss-reactive ketones (excluding diaryl/α,β-unsaturated/α-hetero) is 1. The van der Waals surface area contributed by atoms with E-state index in [-0.39, 0.29) is 29.8 Å². The first-order valence-electron chi connectivity index (χ1n) is 8.27. The Balaban J connectivity index is 1.92. The van der Waals surface area contributed by atoms with E-state index in [4.69, 9.17) is 5.73 Å². The fourth-order valence-electron chi connectivity index (χ4n) is 3.56. The predicted molar refractivity (Wildman–Crippen MR) is 94.6 cm³/mol. The molecular weight excluding hydrogens is 322 g/mol. The van der Waals surface area contributed by atoms with Crippen LogP contribution in [0, 0.1) is 0 Å². The molecule has 0 radical (unpaired) electrons. The lowest BCUT2D eigenvalue weighted by Crippen LogP contribution is -2.43. The summed E-state index contributed by atoms with van der Waals surface area (Å²) in [6, 6.07) is 4.17. The molecule has 8 nitrogen and oxygen atoms in total. The number of nitrogen functional groups attached to an aromatic ring is 1. The Morgan fingerprint density at radius 3 is 2.60 bits per heavy atom. The van der Waals surface area contributed by atoms with Crippen LogP contribution in [0.15, 0.2) is 27.9 Å². The van der Waals surface area contributed by atoms with Gasteiger partial charge in [0.2, 0.25) is 0 Å². The van der Waals surface area contributed by atoms with Gasteiger partial charge >= 0.3 is 5.69 Å². The van der Waals surface area contributed by atoms with E-state index < -0.39 is 11.2 Å². The van der Waals surface area contributed by atoms with Crippen LogP contribution < -0.4 is 17.0 Å². The maximum Gasteiger partial charge on any atom is 0.332 e. The molecule has 2 N–H and O–H groups in total. The maximum absolute atomic E-state index is 12.8. The van der Waals surface area contributed by atoms with Gasteiger partial charge in [-0.3, -0.25) is 23.6 Å². The number of hydrogen-bond acceptors (Lipinski definition) is 5. The van der Waals surface area contributed by atoms with Crippen molar-refractivity contribution in [2.45, 2.75) is 18.9 Å². The van der Waals surface area contributed by atoms with Crippen molar-refractivity contribution in [2.75, 3.05) is 18.8 Å². The number of rotatable bonds is 4. The molecule has 2 aromatic rings. The number of ketones is 1. The zero-order valence-corrected chi connectivity index (χ0v) is 14.7. The van der Waals surface area contributed by atoms with Crippen LogP contribution in [0.5, 0.6) is 0 Å². The molecule has 2 aromatic heterocycles. The Hall–Kier alpha value is -2.61. The van der Waals surface area contributed by atoms with E-state index in [1.54, 1.807) is 0 Å². The number of aromatic nitrogens is 3. The molecule has 1 atom stereocenters. The third-order valence-corrected chi connectivity index (χ3v) is 5.02. The summed E-state index contributed by atoms with van der Waals surface area (Å²) >= 11 is 0. The first kappa shape index (κ1) is 17.2. The molecule has 0 saturated carbocycles. The topological polar surface area (TPSA) is 95.3 Å². The second kappa shape index (κ2) is 6.36. The maximum atomic E-state index is 12.8. The van der Waals surface area contributed by atoms with Crippen LogP contribution in [0.2, 0.25) is 0 Å². The number of carbonyl (C=O) groups is 1. The van der Waals surface area contributed by atoms with Crippen LogP contribution in [0.4, 0.5) is 5.82 Å². The van der Waals surface area contributed by atoms with Crippen LogP contribution in [0.3, 0.4) is 0 Å². The number of carbonyl (C=O) groups excluding carboxylic acids is 1. The van der Waals surface area contributed by atoms with Crippen LogP contribution in [-0.2, 0) is 21.1 Å². The monoisotopic (exact) mass is 345 g/mol. The smallest absolute Gasteiger partial charge is 0.332 e. The number of likely N-dealkylation sites (tertiary alicyclic amines) is 1. The van der Waals surface area contributed by atoms with Crippen molar-refractivity contribution in [2.24, 2.45) is 21.1 Å². The van der Waals surface area contributed by atoms with Gasteiger partial charge in [0.05, 0.1) is 12.6 Å². The van der Waals surface area contributed by atoms with Crippen molar-refractivity contribution in [1.29, 1.82) is 0 Å². The van der Waals surface area contributed by atoms with E-state index in [9.17, 15) is 14.4 Å². The van der Waals surface area contributed by atoms with Crippen molar-refractivity contribution in [3.05, 3.63) is 50.4 Å². The summed E-state index contributed by atoms with van der Waals surface area (Å²) in [6.45, 7) is 0.890. The number of anilines is 1. The summed E-state index contributed by atoms with van der Waals surface area (Å²) in [4.78, 5) is 39.1. The third-order valence-electron chi connectivity index (χ3n) is 5.02. The molecule has 3 rings (SSSR count). The van der Waals surface area contributed by atoms with Gasteiger partial charge in [-0.2, -0.15) is 0 Å². The number of nitrogens with zero attached hydrogens (tertiary/aromatic N) is 4. The van der Waals surface area contributed by atoms with Crippen molar-refractivity contribution in [1.82, 2.24) is 18.6 Å². The van der Waals surface area contributed by atoms with Gasteiger partial charge in [0.15, 0.2) is 5.78 Å². The highest BCUT2D eigenvalue weighted by Crippen LogP contribution is 2.31. The molecule has 1 aliphatic rings. The minimum Gasteiger partial charge on any atom is -0.384 e. The summed E-state index contributed by atoms with van der Waals surface area (Å²) in [7, 11) is 4.79. The fraction of sp³-hybridized carbons (Fsp3) is 0.471. The van der Waals surface area contributed by atoms with E-state index in [1.807, 2.05) is 29.9 Å². The zero-order chi connectivity index (χ0) is 18.3. The van der Waals surface area contributed by atoms with Gasteiger partial charge in [-0.05, 0) is 31.5 Å². The Bertz CT molecular complexity index is 937. The van der Waals surface area contributed by atoms with Crippen molar-refractivity contribution in [3.63, 3.8) is 0 Å². The van der Waals surface area contributed by atoms with E-state index in [1.165, 1.54) is 14.1 Å². The zero-order valence-electron chi connectivity index (χ0n) is 14.7. The largest absolute Gasteiger partial charge is 0.384 e. The van der Waals surface area contributed by atoms with Crippen LogP contribution >= 0.6 is 0 Å². The molecule has 134 valence electrons. The second-order valence-electron chi connectivity index (χ2n) is 6.56. The summed E-state index contributed by atoms with van der Waals surface area (Å²) < 4.78 is 4.10. The molecule has 3 heterocycles. The minimum atomic E-state index is -0.639. The molecule has 0 aromatic carbocycles. The molecule has 8 heteroatoms. The Morgan fingerprint density at radius 1 is 1.24 bits per heavy atom. The number of nitrogens with two attached hydrogens (primary N) is 1. The van der Waals surface area contributed by atoms with Gasteiger partial charge in [-0.1, -0.05) is 0 Å². The van der Waals surface area contributed by atoms with E-state index in [0.717, 1.165) is 34.2 Å². The average molecular weight is 345 g/mol. The number of aryl methyl sites for hydroxylation is 1. The van der Waals surface area contributed by atoms with Gasteiger partial charge in [0.1, 0.15) is 11.4 Å². The first-order valence-corrected chi connectivity index (χ1v) is 8.27. The van der Waals surface area contributed by atoms with E-state index in [2.05, 4.69) is 4.90 Å². The summed E-state index contributed by atoms with van der Waals surface area (Å²) in [5, 5.41) is 0. The van der Waals surface area contributed by atoms with Gasteiger partial charge in [0, 0.05) is 33.0 Å². The summed E-state index contributed by atoms with van der Waals surface area (Å²) in [5.41, 5.74) is 5.75. The van der Waals surface area contributed by atoms with Crippen molar-refractivity contribution >= 4 is 11.6 Å². The molecule has 1 aliphatic heterocycles. The van der Waals surface area contributed by atoms with Gasteiger partial charge in [-0.15, -0.1) is 0 Å². The minimum absolute atomic E-state index is 0.0762. The third kappa shape index (κ3) is 2.82. The lowest BCUT2D eigenvalue weighted by molar-refractivity contribution is 0.0917.